The van der Waals surface area contributed by atoms with Gasteiger partial charge in [-0.3, -0.25) is 0 Å². The highest BCUT2D eigenvalue weighted by Crippen LogP contribution is 2.18. The molecule has 0 amide bonds. The van der Waals surface area contributed by atoms with E-state index in [4.69, 9.17) is 5.73 Å². The number of rotatable bonds is 4. The Bertz CT molecular complexity index is 591. The van der Waals surface area contributed by atoms with Gasteiger partial charge in [-0.05, 0) is 19.8 Å². The number of nitrogen functional groups attached to an aromatic ring is 1. The summed E-state index contributed by atoms with van der Waals surface area (Å²) in [6.07, 6.45) is 2.35. The smallest absolute Gasteiger partial charge is 0.231 e. The maximum Gasteiger partial charge on any atom is 0.231 e. The van der Waals surface area contributed by atoms with Crippen molar-refractivity contribution in [2.24, 2.45) is 0 Å². The van der Waals surface area contributed by atoms with Crippen LogP contribution >= 0.6 is 11.3 Å². The van der Waals surface area contributed by atoms with E-state index in [2.05, 4.69) is 30.2 Å². The van der Waals surface area contributed by atoms with Crippen LogP contribution in [0.3, 0.4) is 0 Å². The number of thiazole rings is 1. The van der Waals surface area contributed by atoms with Crippen molar-refractivity contribution >= 4 is 29.2 Å². The Morgan fingerprint density at radius 1 is 1.25 bits per heavy atom. The zero-order valence-electron chi connectivity index (χ0n) is 11.3. The molecule has 0 radical (unpaired) electrons. The first-order chi connectivity index (χ1) is 9.70. The number of aromatic nitrogens is 4. The maximum absolute atomic E-state index is 5.76. The summed E-state index contributed by atoms with van der Waals surface area (Å²) in [6.45, 7) is 4.54. The number of hydrogen-bond donors (Lipinski definition) is 2. The number of anilines is 3. The zero-order chi connectivity index (χ0) is 13.9. The Morgan fingerprint density at radius 2 is 2.05 bits per heavy atom. The third kappa shape index (κ3) is 2.96. The summed E-state index contributed by atoms with van der Waals surface area (Å²) in [5.41, 5.74) is 6.79. The van der Waals surface area contributed by atoms with E-state index < -0.39 is 0 Å². The Labute approximate surface area is 121 Å². The molecule has 2 aromatic rings. The molecule has 1 aliphatic rings. The second-order valence-electron chi connectivity index (χ2n) is 4.75. The van der Waals surface area contributed by atoms with Crippen LogP contribution in [0.25, 0.3) is 0 Å². The summed E-state index contributed by atoms with van der Waals surface area (Å²) >= 11 is 1.62. The number of hydrogen-bond acceptors (Lipinski definition) is 8. The van der Waals surface area contributed by atoms with Crippen LogP contribution in [0.2, 0.25) is 0 Å². The van der Waals surface area contributed by atoms with E-state index in [1.165, 1.54) is 12.8 Å². The molecule has 0 unspecified atom stereocenters. The summed E-state index contributed by atoms with van der Waals surface area (Å²) in [5, 5.41) is 6.18. The first-order valence-corrected chi connectivity index (χ1v) is 7.50. The molecule has 0 spiro atoms. The van der Waals surface area contributed by atoms with Gasteiger partial charge in [-0.25, -0.2) is 4.98 Å². The van der Waals surface area contributed by atoms with E-state index in [1.807, 2.05) is 12.3 Å². The largest absolute Gasteiger partial charge is 0.368 e. The molecule has 0 saturated carbocycles. The number of nitrogens with one attached hydrogen (secondary N) is 1. The molecule has 20 heavy (non-hydrogen) atoms. The number of aryl methyl sites for hydroxylation is 1. The van der Waals surface area contributed by atoms with Crippen LogP contribution in [0.5, 0.6) is 0 Å². The van der Waals surface area contributed by atoms with Gasteiger partial charge >= 0.3 is 0 Å². The molecule has 3 N–H and O–H groups in total. The van der Waals surface area contributed by atoms with Crippen LogP contribution < -0.4 is 16.0 Å². The summed E-state index contributed by atoms with van der Waals surface area (Å²) in [4.78, 5) is 19.3. The van der Waals surface area contributed by atoms with E-state index in [1.54, 1.807) is 11.3 Å². The van der Waals surface area contributed by atoms with Crippen molar-refractivity contribution in [3.8, 4) is 0 Å². The first-order valence-electron chi connectivity index (χ1n) is 6.62. The fourth-order valence-corrected chi connectivity index (χ4v) is 2.87. The van der Waals surface area contributed by atoms with Gasteiger partial charge in [0.1, 0.15) is 5.01 Å². The summed E-state index contributed by atoms with van der Waals surface area (Å²) in [6, 6.07) is 0. The lowest BCUT2D eigenvalue weighted by Gasteiger charge is -2.15. The van der Waals surface area contributed by atoms with Gasteiger partial charge in [0.25, 0.3) is 0 Å². The van der Waals surface area contributed by atoms with Crippen LogP contribution in [0.4, 0.5) is 17.8 Å². The van der Waals surface area contributed by atoms with Crippen molar-refractivity contribution in [2.45, 2.75) is 26.3 Å². The molecule has 7 nitrogen and oxygen atoms in total. The van der Waals surface area contributed by atoms with Crippen molar-refractivity contribution in [3.63, 3.8) is 0 Å². The number of nitrogens with two attached hydrogens (primary N) is 1. The van der Waals surface area contributed by atoms with Crippen LogP contribution in [-0.2, 0) is 6.54 Å². The van der Waals surface area contributed by atoms with Gasteiger partial charge in [-0.2, -0.15) is 15.0 Å². The van der Waals surface area contributed by atoms with E-state index in [0.29, 0.717) is 18.4 Å². The van der Waals surface area contributed by atoms with Gasteiger partial charge in [0.05, 0.1) is 6.54 Å². The van der Waals surface area contributed by atoms with E-state index >= 15 is 0 Å². The lowest BCUT2D eigenvalue weighted by molar-refractivity contribution is 0.880. The predicted octanol–water partition coefficient (Wildman–Crippen LogP) is 1.43. The van der Waals surface area contributed by atoms with Crippen LogP contribution in [0.1, 0.15) is 23.5 Å². The topological polar surface area (TPSA) is 92.8 Å². The second-order valence-corrected chi connectivity index (χ2v) is 5.69. The highest BCUT2D eigenvalue weighted by Gasteiger charge is 2.16. The minimum absolute atomic E-state index is 0.250. The monoisotopic (exact) mass is 291 g/mol. The Morgan fingerprint density at radius 3 is 2.75 bits per heavy atom. The van der Waals surface area contributed by atoms with Crippen molar-refractivity contribution in [2.75, 3.05) is 29.0 Å². The lowest BCUT2D eigenvalue weighted by atomic mass is 10.4. The molecule has 8 heteroatoms. The predicted molar refractivity (Wildman–Crippen MR) is 79.9 cm³/mol. The van der Waals surface area contributed by atoms with E-state index in [0.717, 1.165) is 23.8 Å². The molecule has 0 aromatic carbocycles. The van der Waals surface area contributed by atoms with Gasteiger partial charge in [0.15, 0.2) is 0 Å². The average molecular weight is 291 g/mol. The Kier molecular flexibility index (Phi) is 3.64. The van der Waals surface area contributed by atoms with Crippen LogP contribution in [-0.4, -0.2) is 33.0 Å². The normalized spacial score (nSPS) is 14.8. The standard InChI is InChI=1S/C12H17N7S/c1-8-7-20-9(15-8)6-14-11-16-10(13)17-12(18-11)19-4-2-3-5-19/h7H,2-6H2,1H3,(H3,13,14,16,17,18). The average Bonchev–Trinajstić information content (AvgIpc) is 3.07. The quantitative estimate of drug-likeness (QED) is 0.880. The van der Waals surface area contributed by atoms with Crippen LogP contribution in [0, 0.1) is 6.92 Å². The molecular weight excluding hydrogens is 274 g/mol. The van der Waals surface area contributed by atoms with Gasteiger partial charge in [0, 0.05) is 24.2 Å². The fourth-order valence-electron chi connectivity index (χ4n) is 2.16. The van der Waals surface area contributed by atoms with Crippen molar-refractivity contribution in [1.29, 1.82) is 0 Å². The highest BCUT2D eigenvalue weighted by atomic mass is 32.1. The van der Waals surface area contributed by atoms with Gasteiger partial charge in [-0.1, -0.05) is 0 Å². The minimum atomic E-state index is 0.250. The Hall–Kier alpha value is -1.96. The summed E-state index contributed by atoms with van der Waals surface area (Å²) in [5.74, 6) is 1.42. The third-order valence-corrected chi connectivity index (χ3v) is 4.06. The molecule has 1 fully saturated rings. The minimum Gasteiger partial charge on any atom is -0.368 e. The van der Waals surface area contributed by atoms with Crippen LogP contribution in [0.15, 0.2) is 5.38 Å². The maximum atomic E-state index is 5.76. The Balaban J connectivity index is 1.72. The second kappa shape index (κ2) is 5.58. The van der Waals surface area contributed by atoms with Gasteiger partial charge in [-0.15, -0.1) is 11.3 Å². The molecule has 2 aromatic heterocycles. The van der Waals surface area contributed by atoms with Crippen molar-refractivity contribution in [3.05, 3.63) is 16.1 Å². The fraction of sp³-hybridized carbons (Fsp3) is 0.500. The lowest BCUT2D eigenvalue weighted by Crippen LogP contribution is -2.22. The SMILES string of the molecule is Cc1csc(CNc2nc(N)nc(N3CCCC3)n2)n1. The van der Waals surface area contributed by atoms with Crippen molar-refractivity contribution in [1.82, 2.24) is 19.9 Å². The molecular formula is C12H17N7S. The molecule has 1 aliphatic heterocycles. The molecule has 0 aliphatic carbocycles. The molecule has 1 saturated heterocycles. The summed E-state index contributed by atoms with van der Waals surface area (Å²) in [7, 11) is 0. The van der Waals surface area contributed by atoms with E-state index in [9.17, 15) is 0 Å². The van der Waals surface area contributed by atoms with Gasteiger partial charge < -0.3 is 16.0 Å². The molecule has 0 bridgehead atoms. The summed E-state index contributed by atoms with van der Waals surface area (Å²) < 4.78 is 0. The molecule has 3 rings (SSSR count). The molecule has 106 valence electrons. The first kappa shape index (κ1) is 13.0. The molecule has 3 heterocycles. The van der Waals surface area contributed by atoms with Crippen molar-refractivity contribution < 1.29 is 0 Å². The highest BCUT2D eigenvalue weighted by molar-refractivity contribution is 7.09. The molecule has 0 atom stereocenters. The third-order valence-electron chi connectivity index (χ3n) is 3.09. The zero-order valence-corrected chi connectivity index (χ0v) is 12.2. The number of nitrogens with zero attached hydrogens (tertiary/aromatic N) is 5. The van der Waals surface area contributed by atoms with Gasteiger partial charge in [0.2, 0.25) is 17.8 Å². The van der Waals surface area contributed by atoms with E-state index in [-0.39, 0.29) is 5.95 Å².